The smallest absolute Gasteiger partial charge is 0.327 e. The van der Waals surface area contributed by atoms with Crippen LogP contribution in [-0.2, 0) is 6.18 Å². The third-order valence-electron chi connectivity index (χ3n) is 2.86. The maximum atomic E-state index is 12.7. The second kappa shape index (κ2) is 7.51. The summed E-state index contributed by atoms with van der Waals surface area (Å²) < 4.78 is 50.4. The highest BCUT2D eigenvalue weighted by Crippen LogP contribution is 2.29. The number of nitrogens with one attached hydrogen (secondary N) is 2. The average Bonchev–Trinajstić information content (AvgIpc) is 2.53. The van der Waals surface area contributed by atoms with Crippen LogP contribution >= 0.6 is 0 Å². The van der Waals surface area contributed by atoms with Gasteiger partial charge in [-0.15, -0.1) is 0 Å². The summed E-state index contributed by atoms with van der Waals surface area (Å²) in [4.78, 5) is 11.6. The number of carbonyl (C=O) groups excluding carboxylic acids is 1. The number of benzene rings is 2. The Morgan fingerprint density at radius 3 is 2.46 bits per heavy atom. The second-order valence-electron chi connectivity index (χ2n) is 4.69. The fraction of sp³-hybridized carbons (Fsp3) is 0.118. The predicted molar refractivity (Wildman–Crippen MR) is 81.7 cm³/mol. The molecule has 0 aliphatic rings. The Labute approximate surface area is 135 Å². The lowest BCUT2D eigenvalue weighted by atomic mass is 10.1. The second-order valence-corrected chi connectivity index (χ2v) is 4.69. The molecule has 2 rings (SSSR count). The van der Waals surface area contributed by atoms with E-state index >= 15 is 0 Å². The molecule has 24 heavy (non-hydrogen) atoms. The van der Waals surface area contributed by atoms with E-state index in [9.17, 15) is 22.4 Å². The van der Waals surface area contributed by atoms with Gasteiger partial charge in [-0.3, -0.25) is 0 Å². The summed E-state index contributed by atoms with van der Waals surface area (Å²) in [5.74, 6) is 4.68. The number of hydrogen-bond acceptors (Lipinski definition) is 1. The highest BCUT2D eigenvalue weighted by atomic mass is 19.4. The molecular formula is C17H12F4N2O. The van der Waals surface area contributed by atoms with Gasteiger partial charge >= 0.3 is 12.2 Å². The number of urea groups is 1. The minimum absolute atomic E-state index is 0.0523. The first-order valence-corrected chi connectivity index (χ1v) is 6.81. The van der Waals surface area contributed by atoms with Crippen LogP contribution in [0, 0.1) is 17.7 Å². The van der Waals surface area contributed by atoms with Crippen molar-refractivity contribution in [1.82, 2.24) is 5.32 Å². The summed E-state index contributed by atoms with van der Waals surface area (Å²) in [5.41, 5.74) is -0.179. The molecule has 0 unspecified atom stereocenters. The summed E-state index contributed by atoms with van der Waals surface area (Å²) in [5, 5.41) is 4.88. The summed E-state index contributed by atoms with van der Waals surface area (Å²) in [6.07, 6.45) is -4.43. The molecule has 0 aliphatic heterocycles. The largest absolute Gasteiger partial charge is 0.416 e. The van der Waals surface area contributed by atoms with Crippen molar-refractivity contribution < 1.29 is 22.4 Å². The maximum absolute atomic E-state index is 12.7. The minimum atomic E-state index is -4.43. The molecule has 2 aromatic rings. The number of alkyl halides is 3. The summed E-state index contributed by atoms with van der Waals surface area (Å²) >= 11 is 0. The van der Waals surface area contributed by atoms with Crippen LogP contribution in [0.3, 0.4) is 0 Å². The third kappa shape index (κ3) is 5.32. The van der Waals surface area contributed by atoms with E-state index in [0.29, 0.717) is 5.69 Å². The Balaban J connectivity index is 1.87. The van der Waals surface area contributed by atoms with Crippen molar-refractivity contribution in [1.29, 1.82) is 0 Å². The molecule has 3 nitrogen and oxygen atoms in total. The number of hydrogen-bond donors (Lipinski definition) is 2. The van der Waals surface area contributed by atoms with Crippen LogP contribution in [0.5, 0.6) is 0 Å². The average molecular weight is 336 g/mol. The molecule has 0 heterocycles. The van der Waals surface area contributed by atoms with Gasteiger partial charge in [0.25, 0.3) is 0 Å². The topological polar surface area (TPSA) is 41.1 Å². The van der Waals surface area contributed by atoms with E-state index in [4.69, 9.17) is 0 Å². The molecule has 2 aromatic carbocycles. The number of rotatable bonds is 2. The number of amides is 2. The molecule has 0 atom stereocenters. The summed E-state index contributed by atoms with van der Waals surface area (Å²) in [6.45, 7) is -0.0523. The third-order valence-corrected chi connectivity index (χ3v) is 2.86. The van der Waals surface area contributed by atoms with E-state index in [2.05, 4.69) is 22.5 Å². The van der Waals surface area contributed by atoms with Gasteiger partial charge in [-0.05, 0) is 42.5 Å². The Morgan fingerprint density at radius 1 is 1.08 bits per heavy atom. The van der Waals surface area contributed by atoms with Gasteiger partial charge < -0.3 is 10.6 Å². The molecule has 0 saturated heterocycles. The Kier molecular flexibility index (Phi) is 5.42. The van der Waals surface area contributed by atoms with Gasteiger partial charge in [0.15, 0.2) is 0 Å². The molecule has 2 amide bonds. The van der Waals surface area contributed by atoms with E-state index in [1.807, 2.05) is 0 Å². The first-order chi connectivity index (χ1) is 11.3. The lowest BCUT2D eigenvalue weighted by molar-refractivity contribution is -0.137. The van der Waals surface area contributed by atoms with Crippen LogP contribution in [0.1, 0.15) is 11.1 Å². The highest BCUT2D eigenvalue weighted by Gasteiger charge is 2.30. The van der Waals surface area contributed by atoms with E-state index in [1.54, 1.807) is 0 Å². The van der Waals surface area contributed by atoms with Gasteiger partial charge in [0.05, 0.1) is 12.1 Å². The molecule has 0 radical (unpaired) electrons. The van der Waals surface area contributed by atoms with Gasteiger partial charge in [0.1, 0.15) is 5.82 Å². The van der Waals surface area contributed by atoms with Gasteiger partial charge in [-0.25, -0.2) is 9.18 Å². The van der Waals surface area contributed by atoms with Gasteiger partial charge in [-0.2, -0.15) is 13.2 Å². The molecule has 0 bridgehead atoms. The van der Waals surface area contributed by atoms with E-state index in [-0.39, 0.29) is 12.1 Å². The van der Waals surface area contributed by atoms with Crippen LogP contribution in [0.2, 0.25) is 0 Å². The van der Waals surface area contributed by atoms with Crippen molar-refractivity contribution in [2.24, 2.45) is 0 Å². The maximum Gasteiger partial charge on any atom is 0.416 e. The zero-order chi connectivity index (χ0) is 17.6. The van der Waals surface area contributed by atoms with Gasteiger partial charge in [0, 0.05) is 11.3 Å². The van der Waals surface area contributed by atoms with Gasteiger partial charge in [0.2, 0.25) is 0 Å². The summed E-state index contributed by atoms with van der Waals surface area (Å²) in [6, 6.07) is 9.23. The van der Waals surface area contributed by atoms with Crippen LogP contribution in [0.4, 0.5) is 28.0 Å². The van der Waals surface area contributed by atoms with Crippen LogP contribution in [0.15, 0.2) is 48.5 Å². The van der Waals surface area contributed by atoms with E-state index in [0.717, 1.165) is 12.1 Å². The van der Waals surface area contributed by atoms with Gasteiger partial charge in [-0.1, -0.05) is 17.9 Å². The molecule has 124 valence electrons. The molecule has 0 aromatic heterocycles. The number of carbonyl (C=O) groups is 1. The quantitative estimate of drug-likeness (QED) is 0.631. The summed E-state index contributed by atoms with van der Waals surface area (Å²) in [7, 11) is 0. The standard InChI is InChI=1S/C17H12F4N2O/c18-14-6-8-15(9-7-14)23-16(24)22-10-2-4-12-3-1-5-13(11-12)17(19,20)21/h1,3,5-9,11H,10H2,(H2,22,23,24). The number of anilines is 1. The number of halogens is 4. The van der Waals surface area contributed by atoms with Crippen molar-refractivity contribution in [3.8, 4) is 11.8 Å². The molecule has 0 saturated carbocycles. The van der Waals surface area contributed by atoms with E-state index < -0.39 is 23.6 Å². The van der Waals surface area contributed by atoms with Crippen molar-refractivity contribution in [3.05, 3.63) is 65.5 Å². The predicted octanol–water partition coefficient (Wildman–Crippen LogP) is 4.02. The SMILES string of the molecule is O=C(NCC#Cc1cccc(C(F)(F)F)c1)Nc1ccc(F)cc1. The van der Waals surface area contributed by atoms with Crippen molar-refractivity contribution in [2.45, 2.75) is 6.18 Å². The van der Waals surface area contributed by atoms with Crippen LogP contribution in [-0.4, -0.2) is 12.6 Å². The van der Waals surface area contributed by atoms with Crippen molar-refractivity contribution >= 4 is 11.7 Å². The Hall–Kier alpha value is -3.01. The molecule has 0 spiro atoms. The van der Waals surface area contributed by atoms with E-state index in [1.165, 1.54) is 36.4 Å². The van der Waals surface area contributed by atoms with Crippen LogP contribution in [0.25, 0.3) is 0 Å². The van der Waals surface area contributed by atoms with Crippen molar-refractivity contribution in [3.63, 3.8) is 0 Å². The zero-order valence-electron chi connectivity index (χ0n) is 12.2. The lowest BCUT2D eigenvalue weighted by Gasteiger charge is -2.06. The molecule has 0 aliphatic carbocycles. The monoisotopic (exact) mass is 336 g/mol. The lowest BCUT2D eigenvalue weighted by Crippen LogP contribution is -2.28. The minimum Gasteiger partial charge on any atom is -0.327 e. The highest BCUT2D eigenvalue weighted by molar-refractivity contribution is 5.89. The fourth-order valence-electron chi connectivity index (χ4n) is 1.75. The normalized spacial score (nSPS) is 10.5. The van der Waals surface area contributed by atoms with Crippen molar-refractivity contribution in [2.75, 3.05) is 11.9 Å². The first-order valence-electron chi connectivity index (χ1n) is 6.81. The Morgan fingerprint density at radius 2 is 1.79 bits per heavy atom. The first kappa shape index (κ1) is 17.3. The molecule has 2 N–H and O–H groups in total. The zero-order valence-corrected chi connectivity index (χ0v) is 12.2. The fourth-order valence-corrected chi connectivity index (χ4v) is 1.75. The Bertz CT molecular complexity index is 774. The molecular weight excluding hydrogens is 324 g/mol. The molecule has 7 heteroatoms. The molecule has 0 fully saturated rings. The van der Waals surface area contributed by atoms with Crippen LogP contribution < -0.4 is 10.6 Å².